The molecule has 1 N–H and O–H groups in total. The van der Waals surface area contributed by atoms with Gasteiger partial charge in [0.2, 0.25) is 0 Å². The molecule has 1 aromatic carbocycles. The van der Waals surface area contributed by atoms with E-state index in [1.807, 2.05) is 6.07 Å². The van der Waals surface area contributed by atoms with Crippen LogP contribution in [0.5, 0.6) is 11.5 Å². The maximum atomic E-state index is 5.72. The Morgan fingerprint density at radius 1 is 1.08 bits per heavy atom. The fourth-order valence-electron chi connectivity index (χ4n) is 3.64. The third-order valence-corrected chi connectivity index (χ3v) is 5.42. The van der Waals surface area contributed by atoms with Crippen molar-refractivity contribution >= 4 is 5.82 Å². The van der Waals surface area contributed by atoms with Gasteiger partial charge in [-0.1, -0.05) is 6.07 Å². The lowest BCUT2D eigenvalue weighted by Crippen LogP contribution is -2.27. The van der Waals surface area contributed by atoms with Crippen LogP contribution in [0.2, 0.25) is 0 Å². The van der Waals surface area contributed by atoms with Crippen LogP contribution in [0, 0.1) is 0 Å². The molecule has 1 saturated heterocycles. The van der Waals surface area contributed by atoms with Gasteiger partial charge < -0.3 is 19.7 Å². The van der Waals surface area contributed by atoms with Crippen LogP contribution >= 0.6 is 0 Å². The molecule has 26 heavy (non-hydrogen) atoms. The lowest BCUT2D eigenvalue weighted by Gasteiger charge is -2.29. The van der Waals surface area contributed by atoms with Crippen LogP contribution in [0.25, 0.3) is 0 Å². The summed E-state index contributed by atoms with van der Waals surface area (Å²) in [6.45, 7) is 5.52. The van der Waals surface area contributed by atoms with Crippen molar-refractivity contribution in [1.82, 2.24) is 15.3 Å². The molecule has 2 aliphatic heterocycles. The molecule has 2 aliphatic rings. The highest BCUT2D eigenvalue weighted by Crippen LogP contribution is 2.35. The minimum absolute atomic E-state index is 0.168. The second-order valence-electron chi connectivity index (χ2n) is 7.02. The second-order valence-corrected chi connectivity index (χ2v) is 7.02. The second kappa shape index (κ2) is 7.50. The molecule has 0 unspecified atom stereocenters. The van der Waals surface area contributed by atoms with Crippen LogP contribution in [0.4, 0.5) is 5.82 Å². The summed E-state index contributed by atoms with van der Waals surface area (Å²) in [5.74, 6) is 3.13. The minimum atomic E-state index is 0.168. The molecule has 4 rings (SSSR count). The van der Waals surface area contributed by atoms with Gasteiger partial charge in [-0.05, 0) is 50.6 Å². The third-order valence-electron chi connectivity index (χ3n) is 5.42. The summed E-state index contributed by atoms with van der Waals surface area (Å²) in [5, 5.41) is 3.41. The lowest BCUT2D eigenvalue weighted by molar-refractivity contribution is 0.171. The van der Waals surface area contributed by atoms with Crippen LogP contribution in [0.3, 0.4) is 0 Å². The summed E-state index contributed by atoms with van der Waals surface area (Å²) in [6, 6.07) is 8.48. The van der Waals surface area contributed by atoms with E-state index in [0.29, 0.717) is 19.1 Å². The van der Waals surface area contributed by atoms with E-state index in [1.54, 1.807) is 6.33 Å². The number of hydrogen-bond acceptors (Lipinski definition) is 6. The van der Waals surface area contributed by atoms with E-state index in [0.717, 1.165) is 48.9 Å². The van der Waals surface area contributed by atoms with Crippen LogP contribution in [-0.2, 0) is 0 Å². The molecule has 0 amide bonds. The van der Waals surface area contributed by atoms with Crippen LogP contribution in [-0.4, -0.2) is 43.3 Å². The van der Waals surface area contributed by atoms with Crippen molar-refractivity contribution in [2.75, 3.05) is 38.3 Å². The Kier molecular flexibility index (Phi) is 4.93. The van der Waals surface area contributed by atoms with Crippen LogP contribution < -0.4 is 19.7 Å². The van der Waals surface area contributed by atoms with E-state index in [4.69, 9.17) is 9.47 Å². The Morgan fingerprint density at radius 3 is 2.65 bits per heavy atom. The number of ether oxygens (including phenoxy) is 2. The number of aromatic nitrogens is 2. The van der Waals surface area contributed by atoms with E-state index in [9.17, 15) is 0 Å². The number of nitrogens with one attached hydrogen (secondary N) is 1. The normalized spacial score (nSPS) is 18.4. The standard InChI is InChI=1S/C20H26N4O2/c1-14(16-3-4-18-19(11-16)26-10-9-25-18)24(2)20-12-17(22-13-23-20)15-5-7-21-8-6-15/h3-4,11-15,21H,5-10H2,1-2H3/t14-/m0/s1. The first kappa shape index (κ1) is 17.1. The third kappa shape index (κ3) is 3.46. The molecule has 0 aliphatic carbocycles. The molecule has 3 heterocycles. The monoisotopic (exact) mass is 354 g/mol. The van der Waals surface area contributed by atoms with Gasteiger partial charge in [-0.25, -0.2) is 9.97 Å². The van der Waals surface area contributed by atoms with E-state index < -0.39 is 0 Å². The Labute approximate surface area is 154 Å². The van der Waals surface area contributed by atoms with Gasteiger partial charge >= 0.3 is 0 Å². The molecule has 0 bridgehead atoms. The molecule has 6 nitrogen and oxygen atoms in total. The number of nitrogens with zero attached hydrogens (tertiary/aromatic N) is 3. The van der Waals surface area contributed by atoms with Gasteiger partial charge in [-0.3, -0.25) is 0 Å². The molecule has 1 fully saturated rings. The van der Waals surface area contributed by atoms with Crippen molar-refractivity contribution < 1.29 is 9.47 Å². The molecule has 0 radical (unpaired) electrons. The molecule has 2 aromatic rings. The van der Waals surface area contributed by atoms with Crippen molar-refractivity contribution in [1.29, 1.82) is 0 Å². The Balaban J connectivity index is 1.54. The van der Waals surface area contributed by atoms with Gasteiger partial charge in [0.25, 0.3) is 0 Å². The number of hydrogen-bond donors (Lipinski definition) is 1. The van der Waals surface area contributed by atoms with E-state index in [1.165, 1.54) is 5.56 Å². The number of piperidine rings is 1. The maximum Gasteiger partial charge on any atom is 0.161 e. The zero-order chi connectivity index (χ0) is 17.9. The van der Waals surface area contributed by atoms with Crippen LogP contribution in [0.15, 0.2) is 30.6 Å². The number of rotatable bonds is 4. The highest BCUT2D eigenvalue weighted by molar-refractivity contribution is 5.48. The number of fused-ring (bicyclic) bond motifs is 1. The van der Waals surface area contributed by atoms with E-state index in [2.05, 4.69) is 52.4 Å². The fourth-order valence-corrected chi connectivity index (χ4v) is 3.64. The van der Waals surface area contributed by atoms with Crippen molar-refractivity contribution in [2.45, 2.75) is 31.7 Å². The van der Waals surface area contributed by atoms with Gasteiger partial charge in [0, 0.05) is 24.7 Å². The smallest absolute Gasteiger partial charge is 0.161 e. The maximum absolute atomic E-state index is 5.72. The largest absolute Gasteiger partial charge is 0.486 e. The zero-order valence-electron chi connectivity index (χ0n) is 15.4. The van der Waals surface area contributed by atoms with E-state index in [-0.39, 0.29) is 6.04 Å². The summed E-state index contributed by atoms with van der Waals surface area (Å²) in [7, 11) is 2.08. The molecule has 138 valence electrons. The molecule has 1 aromatic heterocycles. The summed E-state index contributed by atoms with van der Waals surface area (Å²) in [4.78, 5) is 11.2. The predicted octanol–water partition coefficient (Wildman–Crippen LogP) is 2.91. The quantitative estimate of drug-likeness (QED) is 0.911. The summed E-state index contributed by atoms with van der Waals surface area (Å²) >= 11 is 0. The fraction of sp³-hybridized carbons (Fsp3) is 0.500. The molecule has 0 saturated carbocycles. The average molecular weight is 354 g/mol. The Morgan fingerprint density at radius 2 is 1.85 bits per heavy atom. The molecule has 0 spiro atoms. The highest BCUT2D eigenvalue weighted by atomic mass is 16.6. The van der Waals surface area contributed by atoms with Gasteiger partial charge in [-0.2, -0.15) is 0 Å². The Hall–Kier alpha value is -2.34. The van der Waals surface area contributed by atoms with Crippen molar-refractivity contribution in [3.8, 4) is 11.5 Å². The van der Waals surface area contributed by atoms with Crippen molar-refractivity contribution in [3.05, 3.63) is 41.9 Å². The SMILES string of the molecule is C[C@@H](c1ccc2c(c1)OCCO2)N(C)c1cc(C2CCNCC2)ncn1. The van der Waals surface area contributed by atoms with E-state index >= 15 is 0 Å². The molecule has 1 atom stereocenters. The average Bonchev–Trinajstić information content (AvgIpc) is 2.73. The lowest BCUT2D eigenvalue weighted by atomic mass is 9.94. The summed E-state index contributed by atoms with van der Waals surface area (Å²) < 4.78 is 11.3. The number of anilines is 1. The first-order valence-electron chi connectivity index (χ1n) is 9.37. The minimum Gasteiger partial charge on any atom is -0.486 e. The molecular formula is C20H26N4O2. The van der Waals surface area contributed by atoms with Gasteiger partial charge in [-0.15, -0.1) is 0 Å². The zero-order valence-corrected chi connectivity index (χ0v) is 15.4. The van der Waals surface area contributed by atoms with Crippen LogP contribution in [0.1, 0.15) is 43.0 Å². The topological polar surface area (TPSA) is 59.5 Å². The summed E-state index contributed by atoms with van der Waals surface area (Å²) in [6.07, 6.45) is 3.97. The summed E-state index contributed by atoms with van der Waals surface area (Å²) in [5.41, 5.74) is 2.33. The van der Waals surface area contributed by atoms with Gasteiger partial charge in [0.05, 0.1) is 6.04 Å². The highest BCUT2D eigenvalue weighted by Gasteiger charge is 2.21. The predicted molar refractivity (Wildman–Crippen MR) is 101 cm³/mol. The first-order chi connectivity index (χ1) is 12.7. The van der Waals surface area contributed by atoms with Crippen molar-refractivity contribution in [2.24, 2.45) is 0 Å². The van der Waals surface area contributed by atoms with Gasteiger partial charge in [0.15, 0.2) is 11.5 Å². The molecule has 6 heteroatoms. The van der Waals surface area contributed by atoms with Gasteiger partial charge in [0.1, 0.15) is 25.4 Å². The first-order valence-corrected chi connectivity index (χ1v) is 9.37. The number of benzene rings is 1. The molecular weight excluding hydrogens is 328 g/mol. The Bertz CT molecular complexity index is 761. The van der Waals surface area contributed by atoms with Crippen molar-refractivity contribution in [3.63, 3.8) is 0 Å².